The summed E-state index contributed by atoms with van der Waals surface area (Å²) in [5.41, 5.74) is 2.33. The molecule has 2 N–H and O–H groups in total. The number of pyridine rings is 1. The van der Waals surface area contributed by atoms with Crippen LogP contribution < -0.4 is 15.6 Å². The molecular weight excluding hydrogens is 414 g/mol. The summed E-state index contributed by atoms with van der Waals surface area (Å²) < 4.78 is 5.61. The van der Waals surface area contributed by atoms with E-state index in [2.05, 4.69) is 22.4 Å². The first kappa shape index (κ1) is 22.9. The van der Waals surface area contributed by atoms with Crippen LogP contribution in [0.25, 0.3) is 10.9 Å². The van der Waals surface area contributed by atoms with E-state index < -0.39 is 0 Å². The Labute approximate surface area is 195 Å². The molecule has 1 aliphatic carbocycles. The summed E-state index contributed by atoms with van der Waals surface area (Å²) >= 11 is 0. The molecule has 0 unspecified atom stereocenters. The zero-order chi connectivity index (χ0) is 23.0. The maximum atomic E-state index is 13.2. The number of aromatic amines is 1. The van der Waals surface area contributed by atoms with Gasteiger partial charge in [0.1, 0.15) is 5.75 Å². The normalized spacial score (nSPS) is 14.2. The largest absolute Gasteiger partial charge is 0.494 e. The number of rotatable bonds is 8. The van der Waals surface area contributed by atoms with Crippen LogP contribution in [0.5, 0.6) is 5.75 Å². The molecule has 0 radical (unpaired) electrons. The first-order valence-electron chi connectivity index (χ1n) is 12.0. The summed E-state index contributed by atoms with van der Waals surface area (Å²) in [5.74, 6) is 0.763. The molecule has 4 rings (SSSR count). The fourth-order valence-electron chi connectivity index (χ4n) is 4.48. The molecule has 3 aromatic rings. The van der Waals surface area contributed by atoms with Crippen LogP contribution in [0.1, 0.15) is 50.2 Å². The minimum absolute atomic E-state index is 0.0969. The van der Waals surface area contributed by atoms with Crippen LogP contribution in [-0.2, 0) is 13.0 Å². The number of benzene rings is 2. The zero-order valence-corrected chi connectivity index (χ0v) is 19.3. The lowest BCUT2D eigenvalue weighted by Crippen LogP contribution is -2.46. The Morgan fingerprint density at radius 1 is 1.09 bits per heavy atom. The summed E-state index contributed by atoms with van der Waals surface area (Å²) in [5, 5.41) is 4.11. The van der Waals surface area contributed by atoms with E-state index in [0.717, 1.165) is 48.8 Å². The number of carbonyl (C=O) groups excluding carboxylic acids is 1. The second-order valence-electron chi connectivity index (χ2n) is 8.75. The van der Waals surface area contributed by atoms with E-state index in [-0.39, 0.29) is 24.2 Å². The molecule has 0 aliphatic heterocycles. The number of nitrogens with zero attached hydrogens (tertiary/aromatic N) is 1. The van der Waals surface area contributed by atoms with Crippen LogP contribution in [-0.4, -0.2) is 35.1 Å². The SMILES string of the molecule is CCOc1ccc2[nH]c(=O)c(CN(CCc3ccccc3)C(=O)NC3CCCCC3)cc2c1. The monoisotopic (exact) mass is 447 g/mol. The predicted octanol–water partition coefficient (Wildman–Crippen LogP) is 5.01. The molecule has 2 amide bonds. The van der Waals surface area contributed by atoms with Gasteiger partial charge in [-0.2, -0.15) is 0 Å². The molecule has 0 spiro atoms. The molecule has 0 saturated heterocycles. The third-order valence-electron chi connectivity index (χ3n) is 6.30. The average Bonchev–Trinajstić information content (AvgIpc) is 2.83. The molecule has 1 fully saturated rings. The van der Waals surface area contributed by atoms with Crippen LogP contribution in [0.15, 0.2) is 59.4 Å². The minimum atomic E-state index is -0.165. The second kappa shape index (κ2) is 11.0. The van der Waals surface area contributed by atoms with Gasteiger partial charge in [0.15, 0.2) is 0 Å². The molecule has 33 heavy (non-hydrogen) atoms. The van der Waals surface area contributed by atoms with Gasteiger partial charge >= 0.3 is 6.03 Å². The minimum Gasteiger partial charge on any atom is -0.494 e. The number of fused-ring (bicyclic) bond motifs is 1. The Hall–Kier alpha value is -3.28. The third-order valence-corrected chi connectivity index (χ3v) is 6.30. The van der Waals surface area contributed by atoms with Crippen molar-refractivity contribution in [3.63, 3.8) is 0 Å². The average molecular weight is 448 g/mol. The Kier molecular flexibility index (Phi) is 7.66. The highest BCUT2D eigenvalue weighted by molar-refractivity contribution is 5.81. The predicted molar refractivity (Wildman–Crippen MR) is 132 cm³/mol. The smallest absolute Gasteiger partial charge is 0.317 e. The van der Waals surface area contributed by atoms with Crippen LogP contribution in [0.4, 0.5) is 4.79 Å². The molecule has 1 aliphatic rings. The Morgan fingerprint density at radius 3 is 2.64 bits per heavy atom. The highest BCUT2D eigenvalue weighted by Gasteiger charge is 2.21. The van der Waals surface area contributed by atoms with E-state index >= 15 is 0 Å². The lowest BCUT2D eigenvalue weighted by atomic mass is 9.96. The van der Waals surface area contributed by atoms with Crippen LogP contribution in [0.2, 0.25) is 0 Å². The van der Waals surface area contributed by atoms with Gasteiger partial charge in [0.25, 0.3) is 5.56 Å². The molecule has 6 heteroatoms. The lowest BCUT2D eigenvalue weighted by molar-refractivity contribution is 0.187. The van der Waals surface area contributed by atoms with Gasteiger partial charge < -0.3 is 19.9 Å². The van der Waals surface area contributed by atoms with E-state index in [4.69, 9.17) is 4.74 Å². The first-order chi connectivity index (χ1) is 16.1. The summed E-state index contributed by atoms with van der Waals surface area (Å²) in [6.45, 7) is 3.32. The maximum absolute atomic E-state index is 13.2. The van der Waals surface area contributed by atoms with E-state index in [1.807, 2.05) is 49.4 Å². The Bertz CT molecular complexity index is 1120. The molecule has 2 aromatic carbocycles. The van der Waals surface area contributed by atoms with Crippen LogP contribution >= 0.6 is 0 Å². The van der Waals surface area contributed by atoms with Gasteiger partial charge in [-0.1, -0.05) is 49.6 Å². The van der Waals surface area contributed by atoms with Crippen molar-refractivity contribution in [1.82, 2.24) is 15.2 Å². The summed E-state index contributed by atoms with van der Waals surface area (Å²) in [4.78, 5) is 30.8. The van der Waals surface area contributed by atoms with Gasteiger partial charge in [0.2, 0.25) is 0 Å². The highest BCUT2D eigenvalue weighted by atomic mass is 16.5. The standard InChI is InChI=1S/C27H33N3O3/c1-2-33-24-13-14-25-21(18-24)17-22(26(31)29-25)19-30(16-15-20-9-5-3-6-10-20)27(32)28-23-11-7-4-8-12-23/h3,5-6,9-10,13-14,17-18,23H,2,4,7-8,11-12,15-16,19H2,1H3,(H,28,32)(H,29,31). The van der Waals surface area contributed by atoms with E-state index in [1.165, 1.54) is 12.0 Å². The Balaban J connectivity index is 1.55. The van der Waals surface area contributed by atoms with Gasteiger partial charge in [-0.25, -0.2) is 4.79 Å². The fourth-order valence-corrected chi connectivity index (χ4v) is 4.48. The third kappa shape index (κ3) is 6.15. The molecule has 1 heterocycles. The number of H-pyrrole nitrogens is 1. The van der Waals surface area contributed by atoms with Crippen molar-refractivity contribution in [1.29, 1.82) is 0 Å². The number of urea groups is 1. The van der Waals surface area contributed by atoms with Crippen molar-refractivity contribution in [2.75, 3.05) is 13.2 Å². The van der Waals surface area contributed by atoms with Gasteiger partial charge in [0.05, 0.1) is 13.2 Å². The zero-order valence-electron chi connectivity index (χ0n) is 19.3. The van der Waals surface area contributed by atoms with E-state index in [9.17, 15) is 9.59 Å². The molecule has 0 bridgehead atoms. The van der Waals surface area contributed by atoms with Gasteiger partial charge in [-0.15, -0.1) is 0 Å². The van der Waals surface area contributed by atoms with Crippen molar-refractivity contribution in [3.05, 3.63) is 76.1 Å². The maximum Gasteiger partial charge on any atom is 0.317 e. The highest BCUT2D eigenvalue weighted by Crippen LogP contribution is 2.21. The van der Waals surface area contributed by atoms with Crippen molar-refractivity contribution in [2.24, 2.45) is 0 Å². The van der Waals surface area contributed by atoms with Gasteiger partial charge in [-0.05, 0) is 56.0 Å². The van der Waals surface area contributed by atoms with Crippen molar-refractivity contribution in [3.8, 4) is 5.75 Å². The topological polar surface area (TPSA) is 74.4 Å². The number of ether oxygens (including phenoxy) is 1. The quantitative estimate of drug-likeness (QED) is 0.510. The number of amides is 2. The molecular formula is C27H33N3O3. The molecule has 0 atom stereocenters. The Morgan fingerprint density at radius 2 is 1.88 bits per heavy atom. The number of carbonyl (C=O) groups is 1. The number of hydrogen-bond donors (Lipinski definition) is 2. The number of aromatic nitrogens is 1. The molecule has 1 aromatic heterocycles. The first-order valence-corrected chi connectivity index (χ1v) is 12.0. The molecule has 6 nitrogen and oxygen atoms in total. The van der Waals surface area contributed by atoms with Gasteiger partial charge in [0, 0.05) is 29.1 Å². The molecule has 1 saturated carbocycles. The second-order valence-corrected chi connectivity index (χ2v) is 8.75. The van der Waals surface area contributed by atoms with E-state index in [0.29, 0.717) is 18.7 Å². The van der Waals surface area contributed by atoms with Crippen LogP contribution in [0.3, 0.4) is 0 Å². The molecule has 174 valence electrons. The fraction of sp³-hybridized carbons (Fsp3) is 0.407. The van der Waals surface area contributed by atoms with E-state index in [1.54, 1.807) is 4.90 Å². The number of nitrogens with one attached hydrogen (secondary N) is 2. The summed E-state index contributed by atoms with van der Waals surface area (Å²) in [7, 11) is 0. The van der Waals surface area contributed by atoms with Crippen LogP contribution in [0, 0.1) is 0 Å². The van der Waals surface area contributed by atoms with Crippen molar-refractivity contribution < 1.29 is 9.53 Å². The summed E-state index contributed by atoms with van der Waals surface area (Å²) in [6.07, 6.45) is 6.33. The number of hydrogen-bond acceptors (Lipinski definition) is 3. The van der Waals surface area contributed by atoms with Crippen molar-refractivity contribution >= 4 is 16.9 Å². The lowest BCUT2D eigenvalue weighted by Gasteiger charge is -2.28. The summed E-state index contributed by atoms with van der Waals surface area (Å²) in [6, 6.07) is 17.8. The van der Waals surface area contributed by atoms with Crippen molar-refractivity contribution in [2.45, 2.75) is 58.0 Å². The van der Waals surface area contributed by atoms with Gasteiger partial charge in [-0.3, -0.25) is 4.79 Å².